The second kappa shape index (κ2) is 5.83. The zero-order chi connectivity index (χ0) is 13.8. The van der Waals surface area contributed by atoms with E-state index in [1.807, 2.05) is 12.1 Å². The summed E-state index contributed by atoms with van der Waals surface area (Å²) in [5.74, 6) is 0.397. The molecule has 1 aromatic heterocycles. The van der Waals surface area contributed by atoms with Gasteiger partial charge in [0.1, 0.15) is 0 Å². The normalized spacial score (nSPS) is 12.4. The van der Waals surface area contributed by atoms with Gasteiger partial charge in [-0.1, -0.05) is 38.5 Å². The average molecular weight is 256 g/mol. The van der Waals surface area contributed by atoms with Crippen LogP contribution in [0.3, 0.4) is 0 Å². The summed E-state index contributed by atoms with van der Waals surface area (Å²) in [6, 6.07) is 7.87. The molecule has 1 amide bonds. The SMILES string of the molecule is CCCC(C)c1cccc2c(C(=O)NC)ccnc12. The van der Waals surface area contributed by atoms with Gasteiger partial charge in [0, 0.05) is 18.6 Å². The summed E-state index contributed by atoms with van der Waals surface area (Å²) in [6.45, 7) is 4.40. The fourth-order valence-electron chi connectivity index (χ4n) is 2.52. The molecule has 0 fully saturated rings. The van der Waals surface area contributed by atoms with Crippen molar-refractivity contribution in [1.82, 2.24) is 10.3 Å². The number of carbonyl (C=O) groups is 1. The molecule has 0 saturated heterocycles. The molecular formula is C16H20N2O. The molecule has 0 saturated carbocycles. The van der Waals surface area contributed by atoms with Crippen LogP contribution in [0.2, 0.25) is 0 Å². The minimum atomic E-state index is -0.0623. The van der Waals surface area contributed by atoms with Crippen LogP contribution < -0.4 is 5.32 Å². The number of para-hydroxylation sites is 1. The molecule has 1 unspecified atom stereocenters. The number of pyridine rings is 1. The molecule has 3 heteroatoms. The van der Waals surface area contributed by atoms with E-state index in [4.69, 9.17) is 0 Å². The molecule has 0 radical (unpaired) electrons. The molecule has 1 N–H and O–H groups in total. The maximum absolute atomic E-state index is 11.9. The lowest BCUT2D eigenvalue weighted by atomic mass is 9.93. The second-order valence-corrected chi connectivity index (χ2v) is 4.87. The first-order chi connectivity index (χ1) is 9.19. The molecule has 2 aromatic rings. The highest BCUT2D eigenvalue weighted by Gasteiger charge is 2.14. The summed E-state index contributed by atoms with van der Waals surface area (Å²) in [6.07, 6.45) is 3.99. The van der Waals surface area contributed by atoms with E-state index in [1.54, 1.807) is 19.3 Å². The van der Waals surface area contributed by atoms with Gasteiger partial charge in [0.05, 0.1) is 11.1 Å². The molecule has 0 spiro atoms. The van der Waals surface area contributed by atoms with E-state index in [1.165, 1.54) is 5.56 Å². The fourth-order valence-corrected chi connectivity index (χ4v) is 2.52. The molecule has 19 heavy (non-hydrogen) atoms. The smallest absolute Gasteiger partial charge is 0.251 e. The molecule has 2 rings (SSSR count). The summed E-state index contributed by atoms with van der Waals surface area (Å²) < 4.78 is 0. The molecule has 0 aliphatic carbocycles. The Hall–Kier alpha value is -1.90. The predicted molar refractivity (Wildman–Crippen MR) is 78.5 cm³/mol. The van der Waals surface area contributed by atoms with E-state index >= 15 is 0 Å². The Bertz CT molecular complexity index is 592. The lowest BCUT2D eigenvalue weighted by Gasteiger charge is -2.14. The molecule has 0 bridgehead atoms. The van der Waals surface area contributed by atoms with E-state index in [0.29, 0.717) is 11.5 Å². The van der Waals surface area contributed by atoms with Gasteiger partial charge in [0.15, 0.2) is 0 Å². The number of amides is 1. The number of fused-ring (bicyclic) bond motifs is 1. The van der Waals surface area contributed by atoms with Crippen LogP contribution in [-0.4, -0.2) is 17.9 Å². The summed E-state index contributed by atoms with van der Waals surface area (Å²) >= 11 is 0. The van der Waals surface area contributed by atoms with Crippen molar-refractivity contribution in [2.75, 3.05) is 7.05 Å². The average Bonchev–Trinajstić information content (AvgIpc) is 2.45. The Morgan fingerprint density at radius 2 is 2.16 bits per heavy atom. The van der Waals surface area contributed by atoms with Crippen LogP contribution >= 0.6 is 0 Å². The predicted octanol–water partition coefficient (Wildman–Crippen LogP) is 3.50. The first kappa shape index (κ1) is 13.5. The highest BCUT2D eigenvalue weighted by Crippen LogP contribution is 2.28. The summed E-state index contributed by atoms with van der Waals surface area (Å²) in [5.41, 5.74) is 2.87. The molecule has 3 nitrogen and oxygen atoms in total. The molecule has 1 atom stereocenters. The van der Waals surface area contributed by atoms with E-state index in [-0.39, 0.29) is 5.91 Å². The van der Waals surface area contributed by atoms with Crippen LogP contribution in [0.25, 0.3) is 10.9 Å². The third-order valence-electron chi connectivity index (χ3n) is 3.53. The van der Waals surface area contributed by atoms with Gasteiger partial charge >= 0.3 is 0 Å². The lowest BCUT2D eigenvalue weighted by molar-refractivity contribution is 0.0964. The lowest BCUT2D eigenvalue weighted by Crippen LogP contribution is -2.18. The van der Waals surface area contributed by atoms with Crippen molar-refractivity contribution in [2.24, 2.45) is 0 Å². The summed E-state index contributed by atoms with van der Waals surface area (Å²) in [7, 11) is 1.65. The van der Waals surface area contributed by atoms with Crippen LogP contribution in [0.15, 0.2) is 30.5 Å². The molecule has 0 aliphatic heterocycles. The van der Waals surface area contributed by atoms with Crippen LogP contribution in [0.1, 0.15) is 48.5 Å². The highest BCUT2D eigenvalue weighted by atomic mass is 16.1. The van der Waals surface area contributed by atoms with Crippen molar-refractivity contribution >= 4 is 16.8 Å². The quantitative estimate of drug-likeness (QED) is 0.909. The Morgan fingerprint density at radius 1 is 1.37 bits per heavy atom. The van der Waals surface area contributed by atoms with Crippen molar-refractivity contribution in [3.8, 4) is 0 Å². The first-order valence-corrected chi connectivity index (χ1v) is 6.78. The van der Waals surface area contributed by atoms with Gasteiger partial charge in [-0.15, -0.1) is 0 Å². The number of rotatable bonds is 4. The summed E-state index contributed by atoms with van der Waals surface area (Å²) in [4.78, 5) is 16.4. The molecule has 1 heterocycles. The van der Waals surface area contributed by atoms with Crippen molar-refractivity contribution in [3.63, 3.8) is 0 Å². The van der Waals surface area contributed by atoms with Gasteiger partial charge in [-0.05, 0) is 24.0 Å². The highest BCUT2D eigenvalue weighted by molar-refractivity contribution is 6.06. The molecule has 0 aliphatic rings. The van der Waals surface area contributed by atoms with Crippen molar-refractivity contribution in [1.29, 1.82) is 0 Å². The van der Waals surface area contributed by atoms with E-state index in [2.05, 4.69) is 30.2 Å². The number of carbonyl (C=O) groups excluding carboxylic acids is 1. The maximum Gasteiger partial charge on any atom is 0.251 e. The zero-order valence-electron chi connectivity index (χ0n) is 11.7. The monoisotopic (exact) mass is 256 g/mol. The number of aromatic nitrogens is 1. The Balaban J connectivity index is 2.60. The fraction of sp³-hybridized carbons (Fsp3) is 0.375. The van der Waals surface area contributed by atoms with Crippen LogP contribution in [0, 0.1) is 0 Å². The van der Waals surface area contributed by atoms with Crippen molar-refractivity contribution in [2.45, 2.75) is 32.6 Å². The molecule has 1 aromatic carbocycles. The van der Waals surface area contributed by atoms with Gasteiger partial charge in [-0.2, -0.15) is 0 Å². The third-order valence-corrected chi connectivity index (χ3v) is 3.53. The minimum Gasteiger partial charge on any atom is -0.355 e. The zero-order valence-corrected chi connectivity index (χ0v) is 11.7. The largest absolute Gasteiger partial charge is 0.355 e. The number of hydrogen-bond acceptors (Lipinski definition) is 2. The number of nitrogens with one attached hydrogen (secondary N) is 1. The van der Waals surface area contributed by atoms with Crippen molar-refractivity contribution < 1.29 is 4.79 Å². The van der Waals surface area contributed by atoms with E-state index < -0.39 is 0 Å². The summed E-state index contributed by atoms with van der Waals surface area (Å²) in [5, 5.41) is 3.61. The Kier molecular flexibility index (Phi) is 4.15. The van der Waals surface area contributed by atoms with Gasteiger partial charge in [-0.25, -0.2) is 0 Å². The van der Waals surface area contributed by atoms with E-state index in [9.17, 15) is 4.79 Å². The second-order valence-electron chi connectivity index (χ2n) is 4.87. The Morgan fingerprint density at radius 3 is 2.84 bits per heavy atom. The third kappa shape index (κ3) is 2.60. The topological polar surface area (TPSA) is 42.0 Å². The van der Waals surface area contributed by atoms with Crippen molar-refractivity contribution in [3.05, 3.63) is 41.6 Å². The maximum atomic E-state index is 11.9. The number of benzene rings is 1. The molecule has 100 valence electrons. The van der Waals surface area contributed by atoms with Crippen LogP contribution in [0.5, 0.6) is 0 Å². The minimum absolute atomic E-state index is 0.0623. The van der Waals surface area contributed by atoms with Crippen LogP contribution in [0.4, 0.5) is 0 Å². The van der Waals surface area contributed by atoms with Crippen LogP contribution in [-0.2, 0) is 0 Å². The molecular weight excluding hydrogens is 236 g/mol. The van der Waals surface area contributed by atoms with Gasteiger partial charge in [0.25, 0.3) is 5.91 Å². The standard InChI is InChI=1S/C16H20N2O/c1-4-6-11(2)12-7-5-8-13-14(16(19)17-3)9-10-18-15(12)13/h5,7-11H,4,6H2,1-3H3,(H,17,19). The van der Waals surface area contributed by atoms with E-state index in [0.717, 1.165) is 23.7 Å². The Labute approximate surface area is 114 Å². The number of hydrogen-bond donors (Lipinski definition) is 1. The van der Waals surface area contributed by atoms with Gasteiger partial charge < -0.3 is 5.32 Å². The first-order valence-electron chi connectivity index (χ1n) is 6.78. The van der Waals surface area contributed by atoms with Gasteiger partial charge in [-0.3, -0.25) is 9.78 Å². The number of nitrogens with zero attached hydrogens (tertiary/aromatic N) is 1. The van der Waals surface area contributed by atoms with Gasteiger partial charge in [0.2, 0.25) is 0 Å².